The van der Waals surface area contributed by atoms with Crippen molar-refractivity contribution in [2.75, 3.05) is 11.9 Å². The van der Waals surface area contributed by atoms with E-state index in [2.05, 4.69) is 28.2 Å². The molecule has 0 aromatic carbocycles. The van der Waals surface area contributed by atoms with Crippen LogP contribution >= 0.6 is 15.9 Å². The van der Waals surface area contributed by atoms with E-state index in [0.29, 0.717) is 17.7 Å². The molecular weight excluding hydrogens is 290 g/mol. The van der Waals surface area contributed by atoms with Crippen LogP contribution in [0, 0.1) is 23.7 Å². The monoisotopic (exact) mass is 315 g/mol. The van der Waals surface area contributed by atoms with Crippen molar-refractivity contribution in [3.63, 3.8) is 0 Å². The summed E-state index contributed by atoms with van der Waals surface area (Å²) in [5, 5.41) is 4.16. The lowest BCUT2D eigenvalue weighted by molar-refractivity contribution is -0.122. The first-order valence-corrected chi connectivity index (χ1v) is 8.63. The number of hydrogen-bond acceptors (Lipinski definition) is 1. The Morgan fingerprint density at radius 3 is 2.83 bits per heavy atom. The Labute approximate surface area is 119 Å². The summed E-state index contributed by atoms with van der Waals surface area (Å²) in [4.78, 5) is 11.9. The van der Waals surface area contributed by atoms with Crippen LogP contribution in [0.4, 0.5) is 0 Å². The van der Waals surface area contributed by atoms with Crippen LogP contribution in [-0.4, -0.2) is 17.8 Å². The summed E-state index contributed by atoms with van der Waals surface area (Å²) >= 11 is 3.49. The zero-order valence-corrected chi connectivity index (χ0v) is 13.0. The molecule has 0 aromatic rings. The highest BCUT2D eigenvalue weighted by molar-refractivity contribution is 9.09. The first-order valence-electron chi connectivity index (χ1n) is 7.51. The van der Waals surface area contributed by atoms with Crippen molar-refractivity contribution in [2.24, 2.45) is 23.7 Å². The van der Waals surface area contributed by atoms with E-state index in [0.717, 1.165) is 36.6 Å². The maximum atomic E-state index is 11.9. The fraction of sp³-hybridized carbons (Fsp3) is 0.933. The van der Waals surface area contributed by atoms with Crippen molar-refractivity contribution in [3.8, 4) is 0 Å². The van der Waals surface area contributed by atoms with Gasteiger partial charge in [0.2, 0.25) is 5.91 Å². The third kappa shape index (κ3) is 3.97. The van der Waals surface area contributed by atoms with Gasteiger partial charge in [0.15, 0.2) is 0 Å². The average Bonchev–Trinajstić information content (AvgIpc) is 2.96. The van der Waals surface area contributed by atoms with E-state index in [1.54, 1.807) is 0 Å². The van der Waals surface area contributed by atoms with Crippen molar-refractivity contribution in [3.05, 3.63) is 0 Å². The van der Waals surface area contributed by atoms with Gasteiger partial charge in [0.25, 0.3) is 0 Å². The zero-order chi connectivity index (χ0) is 13.0. The second-order valence-electron chi connectivity index (χ2n) is 6.39. The van der Waals surface area contributed by atoms with Crippen molar-refractivity contribution >= 4 is 21.8 Å². The van der Waals surface area contributed by atoms with E-state index in [4.69, 9.17) is 0 Å². The van der Waals surface area contributed by atoms with Gasteiger partial charge in [-0.3, -0.25) is 4.79 Å². The van der Waals surface area contributed by atoms with E-state index >= 15 is 0 Å². The van der Waals surface area contributed by atoms with Gasteiger partial charge in [-0.15, -0.1) is 0 Å². The van der Waals surface area contributed by atoms with Crippen molar-refractivity contribution < 1.29 is 4.79 Å². The molecule has 2 nitrogen and oxygen atoms in total. The molecule has 0 aliphatic heterocycles. The molecule has 0 saturated heterocycles. The topological polar surface area (TPSA) is 29.1 Å². The Hall–Kier alpha value is -0.0500. The molecule has 104 valence electrons. The second kappa shape index (κ2) is 6.93. The summed E-state index contributed by atoms with van der Waals surface area (Å²) in [6.07, 6.45) is 8.61. The minimum absolute atomic E-state index is 0.291. The normalized spacial score (nSPS) is 31.6. The van der Waals surface area contributed by atoms with E-state index < -0.39 is 0 Å². The lowest BCUT2D eigenvalue weighted by atomic mass is 9.86. The van der Waals surface area contributed by atoms with Crippen LogP contribution in [0.15, 0.2) is 0 Å². The third-order valence-electron chi connectivity index (χ3n) is 4.79. The highest BCUT2D eigenvalue weighted by Crippen LogP contribution is 2.49. The van der Waals surface area contributed by atoms with E-state index in [1.807, 2.05) is 0 Å². The van der Waals surface area contributed by atoms with Crippen LogP contribution in [-0.2, 0) is 4.79 Å². The predicted octanol–water partition coefficient (Wildman–Crippen LogP) is 3.74. The standard InChI is InChI=1S/C15H26BrNO/c1-11(10-16)3-2-6-17-15(18)9-14-8-12-4-5-13(14)7-12/h11-14H,2-10H2,1H3,(H,17,18). The average molecular weight is 316 g/mol. The number of carbonyl (C=O) groups excluding carboxylic acids is 1. The minimum atomic E-state index is 0.291. The quantitative estimate of drug-likeness (QED) is 0.562. The van der Waals surface area contributed by atoms with Gasteiger partial charge >= 0.3 is 0 Å². The molecule has 2 aliphatic carbocycles. The van der Waals surface area contributed by atoms with Gasteiger partial charge < -0.3 is 5.32 Å². The first kappa shape index (κ1) is 14.4. The summed E-state index contributed by atoms with van der Waals surface area (Å²) in [7, 11) is 0. The summed E-state index contributed by atoms with van der Waals surface area (Å²) in [5.74, 6) is 3.53. The Bertz CT molecular complexity index is 282. The number of nitrogens with one attached hydrogen (secondary N) is 1. The van der Waals surface area contributed by atoms with Gasteiger partial charge in [0.05, 0.1) is 0 Å². The van der Waals surface area contributed by atoms with Gasteiger partial charge in [0.1, 0.15) is 0 Å². The summed E-state index contributed by atoms with van der Waals surface area (Å²) in [6.45, 7) is 3.10. The number of amides is 1. The highest BCUT2D eigenvalue weighted by atomic mass is 79.9. The Balaban J connectivity index is 1.55. The number of alkyl halides is 1. The highest BCUT2D eigenvalue weighted by Gasteiger charge is 2.39. The molecule has 3 heteroatoms. The fourth-order valence-electron chi connectivity index (χ4n) is 3.69. The molecular formula is C15H26BrNO. The second-order valence-corrected chi connectivity index (χ2v) is 7.04. The molecule has 2 bridgehead atoms. The summed E-state index contributed by atoms with van der Waals surface area (Å²) in [6, 6.07) is 0. The largest absolute Gasteiger partial charge is 0.356 e. The molecule has 1 N–H and O–H groups in total. The molecule has 0 spiro atoms. The zero-order valence-electron chi connectivity index (χ0n) is 11.5. The van der Waals surface area contributed by atoms with Crippen LogP contribution in [0.5, 0.6) is 0 Å². The van der Waals surface area contributed by atoms with Crippen LogP contribution in [0.2, 0.25) is 0 Å². The maximum absolute atomic E-state index is 11.9. The Morgan fingerprint density at radius 1 is 1.39 bits per heavy atom. The molecule has 4 unspecified atom stereocenters. The smallest absolute Gasteiger partial charge is 0.220 e. The fourth-order valence-corrected chi connectivity index (χ4v) is 4.02. The summed E-state index contributed by atoms with van der Waals surface area (Å²) in [5.41, 5.74) is 0. The van der Waals surface area contributed by atoms with Crippen molar-refractivity contribution in [1.82, 2.24) is 5.32 Å². The number of carbonyl (C=O) groups is 1. The van der Waals surface area contributed by atoms with Crippen LogP contribution in [0.1, 0.15) is 51.9 Å². The number of fused-ring (bicyclic) bond motifs is 2. The van der Waals surface area contributed by atoms with Gasteiger partial charge in [-0.2, -0.15) is 0 Å². The summed E-state index contributed by atoms with van der Waals surface area (Å²) < 4.78 is 0. The molecule has 0 aromatic heterocycles. The number of rotatable bonds is 7. The van der Waals surface area contributed by atoms with Crippen molar-refractivity contribution in [2.45, 2.75) is 51.9 Å². The van der Waals surface area contributed by atoms with Gasteiger partial charge in [0, 0.05) is 18.3 Å². The van der Waals surface area contributed by atoms with Crippen LogP contribution < -0.4 is 5.32 Å². The molecule has 2 rings (SSSR count). The molecule has 18 heavy (non-hydrogen) atoms. The molecule has 1 amide bonds. The third-order valence-corrected chi connectivity index (χ3v) is 5.90. The Kier molecular flexibility index (Phi) is 5.53. The molecule has 2 aliphatic rings. The molecule has 4 atom stereocenters. The first-order chi connectivity index (χ1) is 8.69. The predicted molar refractivity (Wildman–Crippen MR) is 78.8 cm³/mol. The number of halogens is 1. The van der Waals surface area contributed by atoms with Crippen LogP contribution in [0.3, 0.4) is 0 Å². The maximum Gasteiger partial charge on any atom is 0.220 e. The lowest BCUT2D eigenvalue weighted by Crippen LogP contribution is -2.28. The molecule has 2 fully saturated rings. The lowest BCUT2D eigenvalue weighted by Gasteiger charge is -2.20. The van der Waals surface area contributed by atoms with Crippen molar-refractivity contribution in [1.29, 1.82) is 0 Å². The molecule has 2 saturated carbocycles. The molecule has 0 heterocycles. The number of hydrogen-bond donors (Lipinski definition) is 1. The van der Waals surface area contributed by atoms with Gasteiger partial charge in [-0.1, -0.05) is 29.3 Å². The Morgan fingerprint density at radius 2 is 2.22 bits per heavy atom. The van der Waals surface area contributed by atoms with Crippen LogP contribution in [0.25, 0.3) is 0 Å². The SMILES string of the molecule is CC(CBr)CCCNC(=O)CC1CC2CCC1C2. The van der Waals surface area contributed by atoms with Gasteiger partial charge in [-0.05, 0) is 55.8 Å². The van der Waals surface area contributed by atoms with E-state index in [1.165, 1.54) is 32.1 Å². The van der Waals surface area contributed by atoms with E-state index in [9.17, 15) is 4.79 Å². The van der Waals surface area contributed by atoms with Gasteiger partial charge in [-0.25, -0.2) is 0 Å². The minimum Gasteiger partial charge on any atom is -0.356 e. The van der Waals surface area contributed by atoms with E-state index in [-0.39, 0.29) is 0 Å². The molecule has 0 radical (unpaired) electrons.